The molecule has 0 radical (unpaired) electrons. The average molecular weight is 725 g/mol. The fraction of sp³-hybridized carbons (Fsp3) is 0.564. The van der Waals surface area contributed by atoms with Crippen molar-refractivity contribution < 1.29 is 33.8 Å². The number of rotatable bonds is 20. The third kappa shape index (κ3) is 12.4. The van der Waals surface area contributed by atoms with E-state index in [-0.39, 0.29) is 38.1 Å². The van der Waals surface area contributed by atoms with E-state index in [1.165, 1.54) is 13.8 Å². The molecule has 0 aliphatic rings. The van der Waals surface area contributed by atoms with Crippen LogP contribution < -0.4 is 27.4 Å². The van der Waals surface area contributed by atoms with Crippen molar-refractivity contribution in [2.75, 3.05) is 19.7 Å². The summed E-state index contributed by atoms with van der Waals surface area (Å²) >= 11 is 0. The highest BCUT2D eigenvalue weighted by atomic mass is 16.5. The Kier molecular flexibility index (Phi) is 17.9. The zero-order valence-corrected chi connectivity index (χ0v) is 31.8. The van der Waals surface area contributed by atoms with Crippen LogP contribution in [-0.4, -0.2) is 83.1 Å². The van der Waals surface area contributed by atoms with Crippen LogP contribution in [-0.2, 0) is 30.5 Å². The Morgan fingerprint density at radius 1 is 0.885 bits per heavy atom. The molecule has 0 aliphatic heterocycles. The van der Waals surface area contributed by atoms with Crippen LogP contribution in [0.15, 0.2) is 54.6 Å². The Balaban J connectivity index is 2.16. The van der Waals surface area contributed by atoms with Gasteiger partial charge in [0.25, 0.3) is 0 Å². The van der Waals surface area contributed by atoms with Crippen LogP contribution in [0.1, 0.15) is 79.7 Å². The normalized spacial score (nSPS) is 14.8. The van der Waals surface area contributed by atoms with Gasteiger partial charge in [-0.25, -0.2) is 4.79 Å². The van der Waals surface area contributed by atoms with Crippen LogP contribution in [0.5, 0.6) is 0 Å². The van der Waals surface area contributed by atoms with Crippen LogP contribution >= 0.6 is 0 Å². The lowest BCUT2D eigenvalue weighted by atomic mass is 9.84. The predicted molar refractivity (Wildman–Crippen MR) is 201 cm³/mol. The smallest absolute Gasteiger partial charge is 0.408 e. The number of benzene rings is 2. The number of carbonyl (C=O) groups is 5. The second-order valence-corrected chi connectivity index (χ2v) is 14.2. The standard InChI is InChI=1S/C39H60N6O7/c1-8-9-11-20-33(47)45(34(26(4)5)36(49)44-32(21-40)25(2)3)37(50)39(7,41)30(23-46)22-42-35(48)27(6)43-38(51)52-24-29-18-14-15-19-31(29)28-16-12-10-13-17-28/h10,12-19,25-27,30,32,34,46H,8-9,11,20-24,40-41H2,1-7H3,(H,42,48)(H,43,51)(H,44,49)/t27-,30?,32?,34-,39+/m0/s1. The van der Waals surface area contributed by atoms with Gasteiger partial charge in [-0.15, -0.1) is 0 Å². The second kappa shape index (κ2) is 21.3. The van der Waals surface area contributed by atoms with Crippen molar-refractivity contribution in [2.45, 2.75) is 104 Å². The molecule has 0 bridgehead atoms. The Hall–Kier alpha value is -4.33. The van der Waals surface area contributed by atoms with Gasteiger partial charge in [0.05, 0.1) is 5.54 Å². The zero-order chi connectivity index (χ0) is 39.0. The van der Waals surface area contributed by atoms with Gasteiger partial charge in [-0.05, 0) is 48.8 Å². The molecule has 13 heteroatoms. The number of ether oxygens (including phenoxy) is 1. The largest absolute Gasteiger partial charge is 0.445 e. The van der Waals surface area contributed by atoms with Gasteiger partial charge >= 0.3 is 6.09 Å². The molecule has 2 aromatic rings. The highest BCUT2D eigenvalue weighted by molar-refractivity contribution is 6.04. The first-order chi connectivity index (χ1) is 24.6. The summed E-state index contributed by atoms with van der Waals surface area (Å²) in [7, 11) is 0. The van der Waals surface area contributed by atoms with Gasteiger partial charge in [-0.1, -0.05) is 102 Å². The van der Waals surface area contributed by atoms with Crippen molar-refractivity contribution in [3.05, 3.63) is 60.2 Å². The molecule has 0 aliphatic carbocycles. The first-order valence-corrected chi connectivity index (χ1v) is 18.2. The minimum atomic E-state index is -1.89. The van der Waals surface area contributed by atoms with Crippen molar-refractivity contribution in [3.8, 4) is 11.1 Å². The van der Waals surface area contributed by atoms with Gasteiger partial charge < -0.3 is 37.3 Å². The number of imide groups is 1. The van der Waals surface area contributed by atoms with Gasteiger partial charge in [0.1, 0.15) is 18.7 Å². The lowest BCUT2D eigenvalue weighted by Crippen LogP contribution is -2.66. The summed E-state index contributed by atoms with van der Waals surface area (Å²) < 4.78 is 5.42. The first-order valence-electron chi connectivity index (χ1n) is 18.2. The van der Waals surface area contributed by atoms with Crippen LogP contribution in [0.3, 0.4) is 0 Å². The summed E-state index contributed by atoms with van der Waals surface area (Å²) in [5.74, 6) is -4.09. The van der Waals surface area contributed by atoms with E-state index in [1.54, 1.807) is 13.8 Å². The van der Waals surface area contributed by atoms with Gasteiger partial charge in [-0.2, -0.15) is 0 Å². The van der Waals surface area contributed by atoms with E-state index >= 15 is 0 Å². The van der Waals surface area contributed by atoms with E-state index in [1.807, 2.05) is 75.4 Å². The minimum absolute atomic E-state index is 0.00317. The molecule has 0 heterocycles. The molecule has 0 fully saturated rings. The summed E-state index contributed by atoms with van der Waals surface area (Å²) in [6.45, 7) is 11.3. The lowest BCUT2D eigenvalue weighted by molar-refractivity contribution is -0.158. The highest BCUT2D eigenvalue weighted by Gasteiger charge is 2.47. The molecule has 288 valence electrons. The van der Waals surface area contributed by atoms with Crippen molar-refractivity contribution in [1.29, 1.82) is 0 Å². The maximum absolute atomic E-state index is 14.3. The van der Waals surface area contributed by atoms with Crippen LogP contribution in [0.25, 0.3) is 11.1 Å². The quantitative estimate of drug-likeness (QED) is 0.110. The number of aliphatic hydroxyl groups excluding tert-OH is 1. The summed E-state index contributed by atoms with van der Waals surface area (Å²) in [6.07, 6.45) is 1.31. The molecule has 0 spiro atoms. The topological polar surface area (TPSA) is 206 Å². The Morgan fingerprint density at radius 3 is 2.10 bits per heavy atom. The maximum atomic E-state index is 14.3. The fourth-order valence-electron chi connectivity index (χ4n) is 5.78. The Morgan fingerprint density at radius 2 is 1.52 bits per heavy atom. The predicted octanol–water partition coefficient (Wildman–Crippen LogP) is 3.47. The maximum Gasteiger partial charge on any atom is 0.408 e. The third-order valence-corrected chi connectivity index (χ3v) is 9.29. The fourth-order valence-corrected chi connectivity index (χ4v) is 5.78. The van der Waals surface area contributed by atoms with Crippen LogP contribution in [0, 0.1) is 17.8 Å². The molecule has 13 nitrogen and oxygen atoms in total. The number of nitrogens with two attached hydrogens (primary N) is 2. The van der Waals surface area contributed by atoms with Gasteiger partial charge in [-0.3, -0.25) is 24.1 Å². The molecule has 2 aromatic carbocycles. The molecule has 0 saturated carbocycles. The summed E-state index contributed by atoms with van der Waals surface area (Å²) in [5, 5.41) is 18.4. The number of hydrogen-bond donors (Lipinski definition) is 6. The SMILES string of the molecule is CCCCCC(=O)N(C(=O)[C@](C)(N)C(CO)CNC(=O)[C@H](C)NC(=O)OCc1ccccc1-c1ccccc1)[C@H](C(=O)NC(CN)C(C)C)C(C)C. The monoisotopic (exact) mass is 724 g/mol. The molecular formula is C39H60N6O7. The van der Waals surface area contributed by atoms with Gasteiger partial charge in [0.15, 0.2) is 0 Å². The van der Waals surface area contributed by atoms with E-state index in [2.05, 4.69) is 16.0 Å². The van der Waals surface area contributed by atoms with Crippen molar-refractivity contribution in [1.82, 2.24) is 20.9 Å². The number of nitrogens with zero attached hydrogens (tertiary/aromatic N) is 1. The van der Waals surface area contributed by atoms with E-state index in [9.17, 15) is 29.1 Å². The number of aliphatic hydroxyl groups is 1. The molecule has 2 unspecified atom stereocenters. The van der Waals surface area contributed by atoms with Gasteiger partial charge in [0, 0.05) is 38.1 Å². The summed E-state index contributed by atoms with van der Waals surface area (Å²) in [5.41, 5.74) is 13.3. The van der Waals surface area contributed by atoms with E-state index < -0.39 is 65.8 Å². The molecule has 0 aromatic heterocycles. The highest BCUT2D eigenvalue weighted by Crippen LogP contribution is 2.25. The van der Waals surface area contributed by atoms with Crippen molar-refractivity contribution >= 4 is 29.7 Å². The average Bonchev–Trinajstić information content (AvgIpc) is 3.11. The van der Waals surface area contributed by atoms with E-state index in [4.69, 9.17) is 16.2 Å². The van der Waals surface area contributed by atoms with Crippen LogP contribution in [0.2, 0.25) is 0 Å². The minimum Gasteiger partial charge on any atom is -0.445 e. The van der Waals surface area contributed by atoms with Crippen molar-refractivity contribution in [2.24, 2.45) is 29.2 Å². The number of amides is 5. The number of unbranched alkanes of at least 4 members (excludes halogenated alkanes) is 2. The second-order valence-electron chi connectivity index (χ2n) is 14.2. The van der Waals surface area contributed by atoms with E-state index in [0.717, 1.165) is 34.4 Å². The number of alkyl carbamates (subject to hydrolysis) is 1. The molecule has 0 saturated heterocycles. The molecular weight excluding hydrogens is 664 g/mol. The molecule has 8 N–H and O–H groups in total. The lowest BCUT2D eigenvalue weighted by Gasteiger charge is -2.40. The van der Waals surface area contributed by atoms with Gasteiger partial charge in [0.2, 0.25) is 23.6 Å². The summed E-state index contributed by atoms with van der Waals surface area (Å²) in [4.78, 5) is 68.3. The Bertz CT molecular complexity index is 1470. The van der Waals surface area contributed by atoms with Crippen LogP contribution in [0.4, 0.5) is 4.79 Å². The molecule has 5 amide bonds. The number of hydrogen-bond acceptors (Lipinski definition) is 9. The van der Waals surface area contributed by atoms with E-state index in [0.29, 0.717) is 6.42 Å². The van der Waals surface area contributed by atoms with Crippen molar-refractivity contribution in [3.63, 3.8) is 0 Å². The first kappa shape index (κ1) is 43.8. The number of carbonyl (C=O) groups excluding carboxylic acids is 5. The molecule has 52 heavy (non-hydrogen) atoms. The summed E-state index contributed by atoms with van der Waals surface area (Å²) in [6, 6.07) is 14.6. The zero-order valence-electron chi connectivity index (χ0n) is 31.8. The molecule has 5 atom stereocenters. The third-order valence-electron chi connectivity index (χ3n) is 9.29. The Labute approximate surface area is 308 Å². The molecule has 2 rings (SSSR count). The number of nitrogens with one attached hydrogen (secondary N) is 3.